The number of nitrogens with zero attached hydrogens (tertiary/aromatic N) is 2. The first-order valence-electron chi connectivity index (χ1n) is 18.3. The van der Waals surface area contributed by atoms with Crippen molar-refractivity contribution in [2.45, 2.75) is 63.9 Å². The van der Waals surface area contributed by atoms with E-state index in [4.69, 9.17) is 35.3 Å². The van der Waals surface area contributed by atoms with Gasteiger partial charge in [0.1, 0.15) is 23.3 Å². The van der Waals surface area contributed by atoms with Gasteiger partial charge < -0.3 is 44.9 Å². The van der Waals surface area contributed by atoms with E-state index in [0.29, 0.717) is 76.4 Å². The molecule has 2 aromatic carbocycles. The number of hydrogen-bond donors (Lipinski definition) is 4. The molecule has 14 heteroatoms. The van der Waals surface area contributed by atoms with Crippen LogP contribution < -0.4 is 31.4 Å². The molecule has 0 spiro atoms. The van der Waals surface area contributed by atoms with Crippen LogP contribution in [0, 0.1) is 0 Å². The summed E-state index contributed by atoms with van der Waals surface area (Å²) in [6, 6.07) is 9.95. The maximum atomic E-state index is 12.0. The molecule has 0 saturated carbocycles. The molecule has 54 heavy (non-hydrogen) atoms. The minimum atomic E-state index is -0.920. The van der Waals surface area contributed by atoms with Gasteiger partial charge in [-0.25, -0.2) is 10.1 Å². The Balaban J connectivity index is 1.61. The molecule has 0 fully saturated rings. The van der Waals surface area contributed by atoms with Crippen LogP contribution in [0.15, 0.2) is 70.7 Å². The predicted molar refractivity (Wildman–Crippen MR) is 215 cm³/mol. The largest absolute Gasteiger partial charge is 0.494 e. The van der Waals surface area contributed by atoms with Crippen LogP contribution in [0.1, 0.15) is 57.6 Å². The number of hydrazine groups is 1. The molecule has 1 amide bonds. The minimum absolute atomic E-state index is 0.0541. The summed E-state index contributed by atoms with van der Waals surface area (Å²) in [5.74, 6) is 5.88. The average molecular weight is 770 g/mol. The smallest absolute Gasteiger partial charge is 0.304 e. The number of aliphatic carboxylic acids is 1. The highest BCUT2D eigenvalue weighted by molar-refractivity contribution is 7.97. The second-order valence-electron chi connectivity index (χ2n) is 13.1. The molecule has 0 aromatic heterocycles. The molecule has 2 aromatic rings. The molecule has 298 valence electrons. The topological polar surface area (TPSA) is 171 Å². The number of nitrogens with one attached hydrogen (secondary N) is 1. The lowest BCUT2D eigenvalue weighted by atomic mass is 9.92. The van der Waals surface area contributed by atoms with Gasteiger partial charge in [0.15, 0.2) is 0 Å². The number of amides is 1. The standard InChI is InChI=1S/C40H59N5O8S/c1-7-9-28(2)33(13-12-32(25-39(47)48)34-23-35(41)40(44(5)42)37(24-34)49-6)27-45-26-29(3)53-36-22-31(11-14-38(36)54-45)10-8-16-50-18-20-52-21-19-51-17-15-43-30(4)46/h7,9,11-14,22-24,29,32H,8,10,15-21,25-27,41-42H2,1-6H3,(H,43,46)(H,47,48)/b9-7-,13-12+,33-28+. The fourth-order valence-corrected chi connectivity index (χ4v) is 6.97. The fourth-order valence-electron chi connectivity index (χ4n) is 5.88. The molecule has 1 aliphatic heterocycles. The van der Waals surface area contributed by atoms with Crippen molar-refractivity contribution in [1.82, 2.24) is 9.62 Å². The second-order valence-corrected chi connectivity index (χ2v) is 14.2. The molecule has 1 heterocycles. The molecule has 6 N–H and O–H groups in total. The van der Waals surface area contributed by atoms with Crippen molar-refractivity contribution in [3.8, 4) is 11.5 Å². The summed E-state index contributed by atoms with van der Waals surface area (Å²) in [5.41, 5.74) is 11.3. The third-order valence-corrected chi connectivity index (χ3v) is 9.53. The highest BCUT2D eigenvalue weighted by Crippen LogP contribution is 2.39. The highest BCUT2D eigenvalue weighted by Gasteiger charge is 2.23. The van der Waals surface area contributed by atoms with E-state index in [2.05, 4.69) is 47.7 Å². The van der Waals surface area contributed by atoms with E-state index < -0.39 is 11.9 Å². The van der Waals surface area contributed by atoms with Crippen molar-refractivity contribution in [1.29, 1.82) is 0 Å². The van der Waals surface area contributed by atoms with Gasteiger partial charge in [-0.2, -0.15) is 0 Å². The summed E-state index contributed by atoms with van der Waals surface area (Å²) in [7, 11) is 3.21. The number of carbonyl (C=O) groups excluding carboxylic acids is 1. The van der Waals surface area contributed by atoms with E-state index in [1.165, 1.54) is 24.6 Å². The zero-order valence-corrected chi connectivity index (χ0v) is 33.4. The maximum Gasteiger partial charge on any atom is 0.304 e. The van der Waals surface area contributed by atoms with Crippen LogP contribution >= 0.6 is 11.9 Å². The van der Waals surface area contributed by atoms with Gasteiger partial charge in [0.25, 0.3) is 0 Å². The van der Waals surface area contributed by atoms with Crippen LogP contribution in [0.4, 0.5) is 11.4 Å². The Morgan fingerprint density at radius 3 is 2.44 bits per heavy atom. The summed E-state index contributed by atoms with van der Waals surface area (Å²) in [4.78, 5) is 23.9. The number of fused-ring (bicyclic) bond motifs is 1. The molecular weight excluding hydrogens is 711 g/mol. The number of methoxy groups -OCH3 is 1. The van der Waals surface area contributed by atoms with E-state index >= 15 is 0 Å². The van der Waals surface area contributed by atoms with Gasteiger partial charge in [0.05, 0.1) is 57.1 Å². The van der Waals surface area contributed by atoms with Crippen LogP contribution in [0.5, 0.6) is 11.5 Å². The van der Waals surface area contributed by atoms with Gasteiger partial charge in [0.2, 0.25) is 5.91 Å². The van der Waals surface area contributed by atoms with Crippen molar-refractivity contribution in [3.63, 3.8) is 0 Å². The van der Waals surface area contributed by atoms with Gasteiger partial charge >= 0.3 is 5.97 Å². The zero-order chi connectivity index (χ0) is 39.5. The highest BCUT2D eigenvalue weighted by atomic mass is 32.2. The predicted octanol–water partition coefficient (Wildman–Crippen LogP) is 5.50. The van der Waals surface area contributed by atoms with Crippen LogP contribution in [0.25, 0.3) is 0 Å². The molecule has 0 radical (unpaired) electrons. The summed E-state index contributed by atoms with van der Waals surface area (Å²) in [6.07, 6.45) is 9.59. The fraction of sp³-hybridized carbons (Fsp3) is 0.500. The number of anilines is 2. The molecule has 3 rings (SSSR count). The number of aryl methyl sites for hydroxylation is 1. The van der Waals surface area contributed by atoms with E-state index in [1.807, 2.05) is 25.2 Å². The van der Waals surface area contributed by atoms with Gasteiger partial charge in [0, 0.05) is 46.1 Å². The average Bonchev–Trinajstić information content (AvgIpc) is 3.27. The molecule has 2 unspecified atom stereocenters. The quantitative estimate of drug-likeness (QED) is 0.0279. The van der Waals surface area contributed by atoms with Crippen molar-refractivity contribution >= 4 is 35.2 Å². The monoisotopic (exact) mass is 769 g/mol. The number of carboxylic acid groups (broad SMARTS) is 1. The zero-order valence-electron chi connectivity index (χ0n) is 32.6. The Kier molecular flexibility index (Phi) is 19.4. The Hall–Kier alpha value is -4.05. The van der Waals surface area contributed by atoms with Gasteiger partial charge in [-0.3, -0.25) is 9.59 Å². The molecule has 2 atom stereocenters. The summed E-state index contributed by atoms with van der Waals surface area (Å²) < 4.78 is 31.0. The SMILES string of the molecule is C\C=C/C(C)=C(\C=C\C(CC(=O)O)c1cc(N)c(N(C)N)c(OC)c1)CN1CC(C)Oc2cc(CCCOCCOCCOCCNC(C)=O)ccc2S1. The Bertz CT molecular complexity index is 1600. The third-order valence-electron chi connectivity index (χ3n) is 8.46. The third kappa shape index (κ3) is 15.4. The molecule has 0 aliphatic carbocycles. The number of nitrogen functional groups attached to an aromatic ring is 1. The van der Waals surface area contributed by atoms with Crippen molar-refractivity contribution in [2.24, 2.45) is 5.84 Å². The van der Waals surface area contributed by atoms with E-state index in [1.54, 1.807) is 31.1 Å². The van der Waals surface area contributed by atoms with E-state index in [-0.39, 0.29) is 18.4 Å². The van der Waals surface area contributed by atoms with E-state index in [0.717, 1.165) is 40.2 Å². The first-order chi connectivity index (χ1) is 25.9. The molecule has 0 bridgehead atoms. The number of benzene rings is 2. The van der Waals surface area contributed by atoms with Crippen LogP contribution in [-0.4, -0.2) is 101 Å². The minimum Gasteiger partial charge on any atom is -0.494 e. The van der Waals surface area contributed by atoms with Crippen molar-refractivity contribution in [2.75, 3.05) is 84.2 Å². The van der Waals surface area contributed by atoms with Gasteiger partial charge in [-0.05, 0) is 92.1 Å². The lowest BCUT2D eigenvalue weighted by molar-refractivity contribution is -0.137. The summed E-state index contributed by atoms with van der Waals surface area (Å²) in [5, 5.41) is 13.9. The molecular formula is C40H59N5O8S. The van der Waals surface area contributed by atoms with Crippen LogP contribution in [0.3, 0.4) is 0 Å². The van der Waals surface area contributed by atoms with Crippen LogP contribution in [0.2, 0.25) is 0 Å². The summed E-state index contributed by atoms with van der Waals surface area (Å²) in [6.45, 7) is 12.5. The summed E-state index contributed by atoms with van der Waals surface area (Å²) >= 11 is 1.66. The Morgan fingerprint density at radius 1 is 1.09 bits per heavy atom. The first kappa shape index (κ1) is 44.3. The normalized spacial score (nSPS) is 15.7. The number of rotatable bonds is 23. The molecule has 13 nitrogen and oxygen atoms in total. The van der Waals surface area contributed by atoms with E-state index in [9.17, 15) is 14.7 Å². The maximum absolute atomic E-state index is 12.0. The lowest BCUT2D eigenvalue weighted by Gasteiger charge is -2.23. The second kappa shape index (κ2) is 23.7. The van der Waals surface area contributed by atoms with Crippen LogP contribution in [-0.2, 0) is 30.2 Å². The molecule has 1 aliphatic rings. The Morgan fingerprint density at radius 2 is 1.80 bits per heavy atom. The van der Waals surface area contributed by atoms with Gasteiger partial charge in [-0.15, -0.1) is 0 Å². The Labute approximate surface area is 324 Å². The molecule has 0 saturated heterocycles. The number of hydrogen-bond acceptors (Lipinski definition) is 12. The lowest BCUT2D eigenvalue weighted by Crippen LogP contribution is -2.28. The number of ether oxygens (including phenoxy) is 5. The first-order valence-corrected chi connectivity index (χ1v) is 19.1. The number of carbonyl (C=O) groups is 2. The number of carboxylic acids is 1. The van der Waals surface area contributed by atoms with Gasteiger partial charge in [-0.1, -0.05) is 30.4 Å². The van der Waals surface area contributed by atoms with Crippen molar-refractivity contribution in [3.05, 3.63) is 76.9 Å². The number of allylic oxidation sites excluding steroid dienone is 4. The van der Waals surface area contributed by atoms with Crippen molar-refractivity contribution < 1.29 is 38.4 Å². The number of nitrogens with two attached hydrogens (primary N) is 2.